The summed E-state index contributed by atoms with van der Waals surface area (Å²) in [5.74, 6) is 0. The summed E-state index contributed by atoms with van der Waals surface area (Å²) in [5.41, 5.74) is 7.30. The molecule has 5 heteroatoms. The molecular formula is C14H21BrN2O2. The van der Waals surface area contributed by atoms with E-state index in [1.807, 2.05) is 45.9 Å². The van der Waals surface area contributed by atoms with Gasteiger partial charge < -0.3 is 15.8 Å². The maximum absolute atomic E-state index is 11.8. The zero-order valence-electron chi connectivity index (χ0n) is 11.8. The summed E-state index contributed by atoms with van der Waals surface area (Å²) in [4.78, 5) is 11.8. The van der Waals surface area contributed by atoms with E-state index in [1.165, 1.54) is 0 Å². The topological polar surface area (TPSA) is 64.3 Å². The van der Waals surface area contributed by atoms with E-state index in [0.717, 1.165) is 15.6 Å². The molecule has 0 spiro atoms. The summed E-state index contributed by atoms with van der Waals surface area (Å²) in [5, 5.41) is 2.78. The average molecular weight is 329 g/mol. The van der Waals surface area contributed by atoms with Gasteiger partial charge in [-0.25, -0.2) is 4.79 Å². The van der Waals surface area contributed by atoms with E-state index in [-0.39, 0.29) is 6.04 Å². The minimum absolute atomic E-state index is 0.273. The van der Waals surface area contributed by atoms with Crippen LogP contribution >= 0.6 is 15.9 Å². The van der Waals surface area contributed by atoms with E-state index in [2.05, 4.69) is 21.2 Å². The van der Waals surface area contributed by atoms with Crippen molar-refractivity contribution in [3.8, 4) is 0 Å². The number of ether oxygens (including phenoxy) is 1. The van der Waals surface area contributed by atoms with E-state index in [9.17, 15) is 4.79 Å². The predicted octanol–water partition coefficient (Wildman–Crippen LogP) is 3.28. The van der Waals surface area contributed by atoms with Crippen molar-refractivity contribution in [3.05, 3.63) is 33.8 Å². The van der Waals surface area contributed by atoms with E-state index in [0.29, 0.717) is 6.54 Å². The monoisotopic (exact) mass is 328 g/mol. The Morgan fingerprint density at radius 1 is 1.47 bits per heavy atom. The fourth-order valence-corrected chi connectivity index (χ4v) is 2.40. The van der Waals surface area contributed by atoms with Crippen LogP contribution in [0.3, 0.4) is 0 Å². The molecule has 3 N–H and O–H groups in total. The van der Waals surface area contributed by atoms with Gasteiger partial charge in [0.25, 0.3) is 0 Å². The second-order valence-corrected chi connectivity index (χ2v) is 6.31. The van der Waals surface area contributed by atoms with Crippen LogP contribution in [0, 0.1) is 6.92 Å². The third-order valence-electron chi connectivity index (χ3n) is 2.46. The molecule has 0 fully saturated rings. The first kappa shape index (κ1) is 16.0. The van der Waals surface area contributed by atoms with Crippen molar-refractivity contribution in [1.82, 2.24) is 5.32 Å². The highest BCUT2D eigenvalue weighted by atomic mass is 79.9. The molecule has 106 valence electrons. The Morgan fingerprint density at radius 3 is 2.58 bits per heavy atom. The molecule has 0 radical (unpaired) electrons. The Kier molecular flexibility index (Phi) is 5.38. The summed E-state index contributed by atoms with van der Waals surface area (Å²) < 4.78 is 6.16. The molecule has 4 nitrogen and oxygen atoms in total. The first-order valence-electron chi connectivity index (χ1n) is 6.18. The van der Waals surface area contributed by atoms with Crippen LogP contribution in [0.2, 0.25) is 0 Å². The molecular weight excluding hydrogens is 308 g/mol. The minimum Gasteiger partial charge on any atom is -0.444 e. The van der Waals surface area contributed by atoms with Gasteiger partial charge >= 0.3 is 6.09 Å². The molecule has 0 aliphatic carbocycles. The first-order valence-corrected chi connectivity index (χ1v) is 6.98. The Labute approximate surface area is 122 Å². The highest BCUT2D eigenvalue weighted by Gasteiger charge is 2.20. The number of aryl methyl sites for hydroxylation is 1. The molecule has 1 atom stereocenters. The lowest BCUT2D eigenvalue weighted by molar-refractivity contribution is 0.0505. The zero-order valence-corrected chi connectivity index (χ0v) is 13.4. The minimum atomic E-state index is -0.520. The molecule has 1 unspecified atom stereocenters. The van der Waals surface area contributed by atoms with Crippen molar-refractivity contribution in [2.45, 2.75) is 39.3 Å². The quantitative estimate of drug-likeness (QED) is 0.894. The number of carbonyl (C=O) groups excluding carboxylic acids is 1. The van der Waals surface area contributed by atoms with Crippen LogP contribution in [-0.4, -0.2) is 18.2 Å². The number of hydrogen-bond donors (Lipinski definition) is 2. The highest BCUT2D eigenvalue weighted by molar-refractivity contribution is 9.10. The molecule has 1 rings (SSSR count). The molecule has 1 amide bonds. The largest absolute Gasteiger partial charge is 0.444 e. The van der Waals surface area contributed by atoms with Gasteiger partial charge in [0.15, 0.2) is 0 Å². The van der Waals surface area contributed by atoms with Gasteiger partial charge in [0.05, 0.1) is 6.04 Å². The highest BCUT2D eigenvalue weighted by Crippen LogP contribution is 2.24. The number of nitrogens with one attached hydrogen (secondary N) is 1. The summed E-state index contributed by atoms with van der Waals surface area (Å²) in [6.07, 6.45) is -0.463. The van der Waals surface area contributed by atoms with Crippen LogP contribution in [0.5, 0.6) is 0 Å². The van der Waals surface area contributed by atoms with Crippen LogP contribution in [-0.2, 0) is 4.74 Å². The van der Waals surface area contributed by atoms with Gasteiger partial charge in [-0.05, 0) is 44.9 Å². The van der Waals surface area contributed by atoms with Gasteiger partial charge in [-0.15, -0.1) is 0 Å². The number of alkyl carbamates (subject to hydrolysis) is 1. The SMILES string of the molecule is Cc1ccc(C(CN)NC(=O)OC(C)(C)C)c(Br)c1. The summed E-state index contributed by atoms with van der Waals surface area (Å²) in [6.45, 7) is 7.79. The van der Waals surface area contributed by atoms with E-state index in [4.69, 9.17) is 10.5 Å². The van der Waals surface area contributed by atoms with Crippen LogP contribution in [0.4, 0.5) is 4.79 Å². The Hall–Kier alpha value is -1.07. The zero-order chi connectivity index (χ0) is 14.6. The van der Waals surface area contributed by atoms with Gasteiger partial charge in [0.1, 0.15) is 5.60 Å². The summed E-state index contributed by atoms with van der Waals surface area (Å²) in [7, 11) is 0. The Bertz CT molecular complexity index is 455. The standard InChI is InChI=1S/C14H21BrN2O2/c1-9-5-6-10(11(15)7-9)12(8-16)17-13(18)19-14(2,3)4/h5-7,12H,8,16H2,1-4H3,(H,17,18). The molecule has 0 aromatic heterocycles. The third kappa shape index (κ3) is 5.20. The van der Waals surface area contributed by atoms with Crippen molar-refractivity contribution in [3.63, 3.8) is 0 Å². The molecule has 1 aromatic rings. The van der Waals surface area contributed by atoms with Gasteiger partial charge in [0.2, 0.25) is 0 Å². The van der Waals surface area contributed by atoms with E-state index < -0.39 is 11.7 Å². The van der Waals surface area contributed by atoms with Crippen molar-refractivity contribution in [2.75, 3.05) is 6.54 Å². The molecule has 0 aliphatic rings. The number of benzene rings is 1. The molecule has 1 aromatic carbocycles. The molecule has 0 aliphatic heterocycles. The van der Waals surface area contributed by atoms with Crippen LogP contribution in [0.1, 0.15) is 37.9 Å². The second-order valence-electron chi connectivity index (χ2n) is 5.46. The lowest BCUT2D eigenvalue weighted by Crippen LogP contribution is -2.37. The smallest absolute Gasteiger partial charge is 0.408 e. The number of halogens is 1. The lowest BCUT2D eigenvalue weighted by atomic mass is 10.1. The average Bonchev–Trinajstić information content (AvgIpc) is 2.24. The summed E-state index contributed by atoms with van der Waals surface area (Å²) >= 11 is 3.49. The first-order chi connectivity index (χ1) is 8.73. The maximum atomic E-state index is 11.8. The van der Waals surface area contributed by atoms with Gasteiger partial charge in [-0.2, -0.15) is 0 Å². The van der Waals surface area contributed by atoms with Crippen LogP contribution < -0.4 is 11.1 Å². The van der Waals surface area contributed by atoms with E-state index in [1.54, 1.807) is 0 Å². The molecule has 19 heavy (non-hydrogen) atoms. The lowest BCUT2D eigenvalue weighted by Gasteiger charge is -2.23. The Morgan fingerprint density at radius 2 is 2.11 bits per heavy atom. The van der Waals surface area contributed by atoms with Crippen molar-refractivity contribution in [1.29, 1.82) is 0 Å². The summed E-state index contributed by atoms with van der Waals surface area (Å²) in [6, 6.07) is 5.66. The van der Waals surface area contributed by atoms with Gasteiger partial charge in [-0.1, -0.05) is 28.1 Å². The predicted molar refractivity (Wildman–Crippen MR) is 80.0 cm³/mol. The van der Waals surface area contributed by atoms with Gasteiger partial charge in [-0.3, -0.25) is 0 Å². The fourth-order valence-electron chi connectivity index (χ4n) is 1.63. The number of hydrogen-bond acceptors (Lipinski definition) is 3. The number of carbonyl (C=O) groups is 1. The van der Waals surface area contributed by atoms with E-state index >= 15 is 0 Å². The normalized spacial score (nSPS) is 12.9. The Balaban J connectivity index is 2.81. The number of rotatable bonds is 3. The van der Waals surface area contributed by atoms with Crippen molar-refractivity contribution < 1.29 is 9.53 Å². The molecule has 0 heterocycles. The van der Waals surface area contributed by atoms with Gasteiger partial charge in [0, 0.05) is 11.0 Å². The van der Waals surface area contributed by atoms with Crippen LogP contribution in [0.25, 0.3) is 0 Å². The van der Waals surface area contributed by atoms with Crippen molar-refractivity contribution in [2.24, 2.45) is 5.73 Å². The second kappa shape index (κ2) is 6.39. The molecule has 0 saturated carbocycles. The molecule has 0 bridgehead atoms. The maximum Gasteiger partial charge on any atom is 0.408 e. The van der Waals surface area contributed by atoms with Crippen LogP contribution in [0.15, 0.2) is 22.7 Å². The van der Waals surface area contributed by atoms with Crippen molar-refractivity contribution >= 4 is 22.0 Å². The fraction of sp³-hybridized carbons (Fsp3) is 0.500. The molecule has 0 saturated heterocycles. The number of nitrogens with two attached hydrogens (primary N) is 1. The third-order valence-corrected chi connectivity index (χ3v) is 3.14. The number of amides is 1.